The van der Waals surface area contributed by atoms with Gasteiger partial charge in [0.2, 0.25) is 16.0 Å². The van der Waals surface area contributed by atoms with Crippen molar-refractivity contribution in [2.24, 2.45) is 0 Å². The highest BCUT2D eigenvalue weighted by atomic mass is 32.1. The lowest BCUT2D eigenvalue weighted by molar-refractivity contribution is -0.138. The predicted molar refractivity (Wildman–Crippen MR) is 89.1 cm³/mol. The normalized spacial score (nSPS) is 11.3. The fraction of sp³-hybridized carbons (Fsp3) is 0.118. The van der Waals surface area contributed by atoms with Gasteiger partial charge in [0.15, 0.2) is 0 Å². The molecule has 0 fully saturated rings. The molecule has 25 heavy (non-hydrogen) atoms. The van der Waals surface area contributed by atoms with Gasteiger partial charge in [0.05, 0.1) is 6.42 Å². The second-order valence-corrected chi connectivity index (χ2v) is 6.18. The van der Waals surface area contributed by atoms with Crippen LogP contribution in [0.3, 0.4) is 0 Å². The standard InChI is InChI=1S/C17H12F3N3OS/c18-17(19,20)15-22-23-16(25-15)21-14(24)10-11-6-8-13(9-7-11)12-4-2-1-3-5-12/h1-9H,10H2,(H,21,23,24). The summed E-state index contributed by atoms with van der Waals surface area (Å²) >= 11 is 0.299. The third-order valence-electron chi connectivity index (χ3n) is 3.34. The Morgan fingerprint density at radius 1 is 0.960 bits per heavy atom. The number of nitrogens with one attached hydrogen (secondary N) is 1. The molecule has 0 aliphatic rings. The molecule has 1 aromatic heterocycles. The first kappa shape index (κ1) is 17.1. The largest absolute Gasteiger partial charge is 0.445 e. The van der Waals surface area contributed by atoms with Crippen molar-refractivity contribution in [2.45, 2.75) is 12.6 Å². The molecule has 3 rings (SSSR count). The summed E-state index contributed by atoms with van der Waals surface area (Å²) in [5.74, 6) is -0.447. The second-order valence-electron chi connectivity index (χ2n) is 5.20. The number of nitrogens with zero attached hydrogens (tertiary/aromatic N) is 2. The summed E-state index contributed by atoms with van der Waals surface area (Å²) in [4.78, 5) is 11.9. The monoisotopic (exact) mass is 363 g/mol. The number of amides is 1. The zero-order chi connectivity index (χ0) is 17.9. The maximum Gasteiger partial charge on any atom is 0.445 e. The number of aromatic nitrogens is 2. The van der Waals surface area contributed by atoms with Gasteiger partial charge in [-0.3, -0.25) is 4.79 Å². The molecule has 1 amide bonds. The maximum absolute atomic E-state index is 12.5. The smallest absolute Gasteiger partial charge is 0.300 e. The molecule has 8 heteroatoms. The Kier molecular flexibility index (Phi) is 4.80. The lowest BCUT2D eigenvalue weighted by atomic mass is 10.0. The number of carbonyl (C=O) groups excluding carboxylic acids is 1. The van der Waals surface area contributed by atoms with Crippen molar-refractivity contribution >= 4 is 22.4 Å². The van der Waals surface area contributed by atoms with Crippen LogP contribution in [0.25, 0.3) is 11.1 Å². The van der Waals surface area contributed by atoms with E-state index in [1.807, 2.05) is 54.6 Å². The minimum Gasteiger partial charge on any atom is -0.300 e. The number of rotatable bonds is 4. The molecule has 0 aliphatic carbocycles. The lowest BCUT2D eigenvalue weighted by Gasteiger charge is -2.05. The molecule has 0 unspecified atom stereocenters. The number of halogens is 3. The van der Waals surface area contributed by atoms with Crippen LogP contribution in [0.5, 0.6) is 0 Å². The van der Waals surface area contributed by atoms with Crippen molar-refractivity contribution < 1.29 is 18.0 Å². The Morgan fingerprint density at radius 3 is 2.20 bits per heavy atom. The molecular weight excluding hydrogens is 351 g/mol. The van der Waals surface area contributed by atoms with Crippen LogP contribution in [0.2, 0.25) is 0 Å². The molecule has 1 heterocycles. The van der Waals surface area contributed by atoms with Crippen molar-refractivity contribution in [3.63, 3.8) is 0 Å². The third kappa shape index (κ3) is 4.42. The van der Waals surface area contributed by atoms with Crippen molar-refractivity contribution in [3.05, 3.63) is 65.2 Å². The molecule has 0 saturated heterocycles. The van der Waals surface area contributed by atoms with Crippen LogP contribution < -0.4 is 5.32 Å². The fourth-order valence-electron chi connectivity index (χ4n) is 2.18. The van der Waals surface area contributed by atoms with E-state index in [-0.39, 0.29) is 11.6 Å². The third-order valence-corrected chi connectivity index (χ3v) is 4.22. The van der Waals surface area contributed by atoms with Gasteiger partial charge >= 0.3 is 6.18 Å². The minimum atomic E-state index is -4.56. The van der Waals surface area contributed by atoms with Gasteiger partial charge in [0.1, 0.15) is 0 Å². The quantitative estimate of drug-likeness (QED) is 0.747. The maximum atomic E-state index is 12.5. The minimum absolute atomic E-state index is 0.0377. The van der Waals surface area contributed by atoms with E-state index in [9.17, 15) is 18.0 Å². The van der Waals surface area contributed by atoms with Crippen molar-refractivity contribution in [1.82, 2.24) is 10.2 Å². The zero-order valence-electron chi connectivity index (χ0n) is 12.7. The highest BCUT2D eigenvalue weighted by molar-refractivity contribution is 7.15. The van der Waals surface area contributed by atoms with Gasteiger partial charge < -0.3 is 5.32 Å². The van der Waals surface area contributed by atoms with Crippen LogP contribution in [-0.2, 0) is 17.4 Å². The Balaban J connectivity index is 1.62. The zero-order valence-corrected chi connectivity index (χ0v) is 13.6. The lowest BCUT2D eigenvalue weighted by Crippen LogP contribution is -2.14. The van der Waals surface area contributed by atoms with E-state index in [4.69, 9.17) is 0 Å². The average molecular weight is 363 g/mol. The van der Waals surface area contributed by atoms with Crippen LogP contribution in [0, 0.1) is 0 Å². The Hall–Kier alpha value is -2.74. The van der Waals surface area contributed by atoms with E-state index >= 15 is 0 Å². The first-order chi connectivity index (χ1) is 11.9. The summed E-state index contributed by atoms with van der Waals surface area (Å²) in [6.07, 6.45) is -4.52. The van der Waals surface area contributed by atoms with E-state index < -0.39 is 17.1 Å². The molecule has 0 radical (unpaired) electrons. The summed E-state index contributed by atoms with van der Waals surface area (Å²) in [6, 6.07) is 17.2. The molecule has 4 nitrogen and oxygen atoms in total. The Bertz CT molecular complexity index is 861. The number of alkyl halides is 3. The van der Waals surface area contributed by atoms with Crippen LogP contribution in [0.4, 0.5) is 18.3 Å². The van der Waals surface area contributed by atoms with Gasteiger partial charge in [-0.1, -0.05) is 65.9 Å². The van der Waals surface area contributed by atoms with Crippen LogP contribution in [0.15, 0.2) is 54.6 Å². The molecule has 3 aromatic rings. The van der Waals surface area contributed by atoms with Gasteiger partial charge in [0, 0.05) is 0 Å². The van der Waals surface area contributed by atoms with Gasteiger partial charge in [-0.15, -0.1) is 10.2 Å². The Morgan fingerprint density at radius 2 is 1.60 bits per heavy atom. The molecular formula is C17H12F3N3OS. The van der Waals surface area contributed by atoms with Gasteiger partial charge in [-0.25, -0.2) is 0 Å². The summed E-state index contributed by atoms with van der Waals surface area (Å²) in [7, 11) is 0. The van der Waals surface area contributed by atoms with Gasteiger partial charge in [0.25, 0.3) is 0 Å². The van der Waals surface area contributed by atoms with Crippen molar-refractivity contribution in [2.75, 3.05) is 5.32 Å². The number of anilines is 1. The predicted octanol–water partition coefficient (Wildman–Crippen LogP) is 4.41. The van der Waals surface area contributed by atoms with Gasteiger partial charge in [-0.05, 0) is 16.7 Å². The van der Waals surface area contributed by atoms with E-state index in [0.29, 0.717) is 11.3 Å². The molecule has 2 aromatic carbocycles. The first-order valence-electron chi connectivity index (χ1n) is 7.27. The van der Waals surface area contributed by atoms with E-state index in [1.54, 1.807) is 0 Å². The summed E-state index contributed by atoms with van der Waals surface area (Å²) in [5.41, 5.74) is 2.83. The van der Waals surface area contributed by atoms with Crippen molar-refractivity contribution in [1.29, 1.82) is 0 Å². The summed E-state index contributed by atoms with van der Waals surface area (Å²) in [6.45, 7) is 0. The van der Waals surface area contributed by atoms with E-state index in [1.165, 1.54) is 0 Å². The number of hydrogen-bond acceptors (Lipinski definition) is 4. The number of carbonyl (C=O) groups is 1. The summed E-state index contributed by atoms with van der Waals surface area (Å²) < 4.78 is 37.4. The highest BCUT2D eigenvalue weighted by Gasteiger charge is 2.35. The summed E-state index contributed by atoms with van der Waals surface area (Å²) in [5, 5.41) is 7.44. The first-order valence-corrected chi connectivity index (χ1v) is 8.08. The van der Waals surface area contributed by atoms with E-state index in [0.717, 1.165) is 16.7 Å². The fourth-order valence-corrected chi connectivity index (χ4v) is 2.81. The van der Waals surface area contributed by atoms with E-state index in [2.05, 4.69) is 15.5 Å². The SMILES string of the molecule is O=C(Cc1ccc(-c2ccccc2)cc1)Nc1nnc(C(F)(F)F)s1. The Labute approximate surface area is 145 Å². The highest BCUT2D eigenvalue weighted by Crippen LogP contribution is 2.33. The molecule has 1 N–H and O–H groups in total. The molecule has 128 valence electrons. The number of hydrogen-bond donors (Lipinski definition) is 1. The van der Waals surface area contributed by atoms with Gasteiger partial charge in [-0.2, -0.15) is 13.2 Å². The van der Waals surface area contributed by atoms with Crippen molar-refractivity contribution in [3.8, 4) is 11.1 Å². The molecule has 0 aliphatic heterocycles. The molecule has 0 spiro atoms. The second kappa shape index (κ2) is 7.02. The molecule has 0 bridgehead atoms. The molecule has 0 saturated carbocycles. The number of benzene rings is 2. The topological polar surface area (TPSA) is 54.9 Å². The van der Waals surface area contributed by atoms with Crippen LogP contribution in [0.1, 0.15) is 10.6 Å². The average Bonchev–Trinajstić information content (AvgIpc) is 3.05. The van der Waals surface area contributed by atoms with Crippen LogP contribution in [-0.4, -0.2) is 16.1 Å². The molecule has 0 atom stereocenters. The van der Waals surface area contributed by atoms with Crippen LogP contribution >= 0.6 is 11.3 Å².